The highest BCUT2D eigenvalue weighted by atomic mass is 19.1. The smallest absolute Gasteiger partial charge is 0.410 e. The first-order valence-electron chi connectivity index (χ1n) is 12.0. The van der Waals surface area contributed by atoms with Gasteiger partial charge < -0.3 is 14.5 Å². The molecule has 0 aliphatic carbocycles. The van der Waals surface area contributed by atoms with Crippen LogP contribution in [-0.4, -0.2) is 71.0 Å². The number of fused-ring (bicyclic) bond motifs is 1. The number of nitrogens with one attached hydrogen (secondary N) is 1. The van der Waals surface area contributed by atoms with E-state index < -0.39 is 11.6 Å². The monoisotopic (exact) mass is 486 g/mol. The van der Waals surface area contributed by atoms with Crippen molar-refractivity contribution < 1.29 is 23.5 Å². The van der Waals surface area contributed by atoms with Crippen molar-refractivity contribution in [3.63, 3.8) is 0 Å². The standard InChI is InChI=1S/C24H31FN6O4/c1-23(2,3)35-22(34)29-9-6-24(7-10-29)13-30(14-24)18-12-17-15(11-16(18)25)20(27-28(17)4)31-8-5-19(32)26-21(31)33/h11-12H,5-10,13-14H2,1-4H3,(H,26,32,33). The molecule has 4 heterocycles. The number of rotatable bonds is 2. The van der Waals surface area contributed by atoms with Crippen LogP contribution < -0.4 is 15.1 Å². The fraction of sp³-hybridized carbons (Fsp3) is 0.583. The van der Waals surface area contributed by atoms with E-state index in [4.69, 9.17) is 4.74 Å². The van der Waals surface area contributed by atoms with E-state index in [2.05, 4.69) is 10.4 Å². The molecule has 0 saturated carbocycles. The summed E-state index contributed by atoms with van der Waals surface area (Å²) in [5.41, 5.74) is 0.763. The summed E-state index contributed by atoms with van der Waals surface area (Å²) in [4.78, 5) is 41.3. The van der Waals surface area contributed by atoms with Crippen molar-refractivity contribution in [2.24, 2.45) is 12.5 Å². The van der Waals surface area contributed by atoms with E-state index in [1.54, 1.807) is 22.7 Å². The number of hydrogen-bond acceptors (Lipinski definition) is 6. The van der Waals surface area contributed by atoms with Crippen LogP contribution in [0, 0.1) is 11.2 Å². The normalized spacial score (nSPS) is 20.3. The number of amides is 4. The van der Waals surface area contributed by atoms with Crippen molar-refractivity contribution in [3.8, 4) is 0 Å². The Bertz CT molecular complexity index is 1200. The van der Waals surface area contributed by atoms with Gasteiger partial charge in [-0.05, 0) is 45.7 Å². The topological polar surface area (TPSA) is 100 Å². The van der Waals surface area contributed by atoms with E-state index in [0.717, 1.165) is 25.9 Å². The lowest BCUT2D eigenvalue weighted by Crippen LogP contribution is -2.61. The van der Waals surface area contributed by atoms with Crippen molar-refractivity contribution in [2.75, 3.05) is 42.5 Å². The number of benzene rings is 1. The van der Waals surface area contributed by atoms with Crippen LogP contribution in [0.25, 0.3) is 10.9 Å². The Labute approximate surface area is 202 Å². The van der Waals surface area contributed by atoms with E-state index in [1.807, 2.05) is 25.7 Å². The predicted molar refractivity (Wildman–Crippen MR) is 128 cm³/mol. The van der Waals surface area contributed by atoms with Gasteiger partial charge in [0.05, 0.1) is 11.2 Å². The number of piperidine rings is 1. The van der Waals surface area contributed by atoms with Gasteiger partial charge in [-0.1, -0.05) is 0 Å². The fourth-order valence-corrected chi connectivity index (χ4v) is 5.20. The molecule has 0 unspecified atom stereocenters. The van der Waals surface area contributed by atoms with Gasteiger partial charge in [0.1, 0.15) is 11.4 Å². The molecule has 1 spiro atoms. The summed E-state index contributed by atoms with van der Waals surface area (Å²) in [7, 11) is 1.75. The molecule has 1 aromatic carbocycles. The van der Waals surface area contributed by atoms with Gasteiger partial charge in [-0.2, -0.15) is 5.10 Å². The van der Waals surface area contributed by atoms with Crippen LogP contribution in [0.15, 0.2) is 12.1 Å². The summed E-state index contributed by atoms with van der Waals surface area (Å²) in [6.07, 6.45) is 1.60. The van der Waals surface area contributed by atoms with Crippen LogP contribution >= 0.6 is 0 Å². The number of carbonyl (C=O) groups excluding carboxylic acids is 3. The quantitative estimate of drug-likeness (QED) is 0.701. The highest BCUT2D eigenvalue weighted by molar-refractivity contribution is 6.09. The van der Waals surface area contributed by atoms with E-state index >= 15 is 4.39 Å². The summed E-state index contributed by atoms with van der Waals surface area (Å²) < 4.78 is 22.4. The van der Waals surface area contributed by atoms with Crippen LogP contribution in [0.5, 0.6) is 0 Å². The minimum atomic E-state index is -0.548. The molecule has 11 heteroatoms. The molecule has 1 aromatic heterocycles. The Morgan fingerprint density at radius 3 is 2.46 bits per heavy atom. The van der Waals surface area contributed by atoms with Gasteiger partial charge in [0.15, 0.2) is 5.82 Å². The highest BCUT2D eigenvalue weighted by Crippen LogP contribution is 2.44. The van der Waals surface area contributed by atoms with Gasteiger partial charge in [0, 0.05) is 57.0 Å². The van der Waals surface area contributed by atoms with Crippen LogP contribution in [0.1, 0.15) is 40.0 Å². The van der Waals surface area contributed by atoms with Gasteiger partial charge in [0.25, 0.3) is 0 Å². The molecule has 3 aliphatic rings. The summed E-state index contributed by atoms with van der Waals surface area (Å²) >= 11 is 0. The van der Waals surface area contributed by atoms with Crippen LogP contribution in [0.3, 0.4) is 0 Å². The molecule has 0 bridgehead atoms. The third kappa shape index (κ3) is 4.28. The van der Waals surface area contributed by atoms with Gasteiger partial charge in [-0.3, -0.25) is 19.7 Å². The van der Waals surface area contributed by atoms with Crippen molar-refractivity contribution in [3.05, 3.63) is 17.9 Å². The zero-order chi connectivity index (χ0) is 25.1. The van der Waals surface area contributed by atoms with Crippen LogP contribution in [-0.2, 0) is 16.6 Å². The van der Waals surface area contributed by atoms with Gasteiger partial charge in [-0.15, -0.1) is 0 Å². The van der Waals surface area contributed by atoms with Crippen molar-refractivity contribution in [1.29, 1.82) is 0 Å². The summed E-state index contributed by atoms with van der Waals surface area (Å²) in [5, 5.41) is 7.25. The average molecular weight is 487 g/mol. The zero-order valence-electron chi connectivity index (χ0n) is 20.6. The first kappa shape index (κ1) is 23.4. The summed E-state index contributed by atoms with van der Waals surface area (Å²) in [6.45, 7) is 8.50. The van der Waals surface area contributed by atoms with Crippen LogP contribution in [0.2, 0.25) is 0 Å². The maximum Gasteiger partial charge on any atom is 0.410 e. The lowest BCUT2D eigenvalue weighted by molar-refractivity contribution is -0.120. The third-order valence-corrected chi connectivity index (χ3v) is 7.08. The number of aromatic nitrogens is 2. The molecule has 3 saturated heterocycles. The predicted octanol–water partition coefficient (Wildman–Crippen LogP) is 3.00. The molecule has 3 fully saturated rings. The maximum absolute atomic E-state index is 15.3. The Morgan fingerprint density at radius 1 is 1.14 bits per heavy atom. The molecule has 4 amide bonds. The molecular formula is C24H31FN6O4. The van der Waals surface area contributed by atoms with E-state index in [-0.39, 0.29) is 36.2 Å². The molecule has 5 rings (SSSR count). The number of ether oxygens (including phenoxy) is 1. The lowest BCUT2D eigenvalue weighted by atomic mass is 9.72. The Balaban J connectivity index is 1.29. The van der Waals surface area contributed by atoms with Crippen molar-refractivity contribution in [1.82, 2.24) is 20.0 Å². The van der Waals surface area contributed by atoms with E-state index in [0.29, 0.717) is 35.5 Å². The Hall–Kier alpha value is -3.37. The minimum absolute atomic E-state index is 0.0654. The SMILES string of the molecule is Cn1nc(N2CCC(=O)NC2=O)c2cc(F)c(N3CC4(CCN(C(=O)OC(C)(C)C)CC4)C3)cc21. The second-order valence-electron chi connectivity index (χ2n) is 10.8. The molecule has 3 aliphatic heterocycles. The number of carbonyl (C=O) groups is 3. The minimum Gasteiger partial charge on any atom is -0.444 e. The Morgan fingerprint density at radius 2 is 1.83 bits per heavy atom. The molecular weight excluding hydrogens is 455 g/mol. The molecule has 2 aromatic rings. The number of hydrogen-bond donors (Lipinski definition) is 1. The van der Waals surface area contributed by atoms with Gasteiger partial charge in [0.2, 0.25) is 5.91 Å². The number of imide groups is 1. The summed E-state index contributed by atoms with van der Waals surface area (Å²) in [5.74, 6) is -0.363. The van der Waals surface area contributed by atoms with E-state index in [1.165, 1.54) is 11.0 Å². The number of anilines is 2. The van der Waals surface area contributed by atoms with Gasteiger partial charge >= 0.3 is 12.1 Å². The molecule has 0 atom stereocenters. The molecule has 1 N–H and O–H groups in total. The first-order chi connectivity index (χ1) is 16.4. The number of halogens is 1. The second-order valence-corrected chi connectivity index (χ2v) is 10.8. The third-order valence-electron chi connectivity index (χ3n) is 7.08. The number of urea groups is 1. The molecule has 35 heavy (non-hydrogen) atoms. The van der Waals surface area contributed by atoms with Crippen LogP contribution in [0.4, 0.5) is 25.5 Å². The number of aryl methyl sites for hydroxylation is 1. The first-order valence-corrected chi connectivity index (χ1v) is 12.0. The van der Waals surface area contributed by atoms with E-state index in [9.17, 15) is 14.4 Å². The molecule has 0 radical (unpaired) electrons. The second kappa shape index (κ2) is 8.10. The number of likely N-dealkylation sites (tertiary alicyclic amines) is 1. The fourth-order valence-electron chi connectivity index (χ4n) is 5.20. The average Bonchev–Trinajstić information content (AvgIpc) is 3.05. The number of nitrogens with zero attached hydrogens (tertiary/aromatic N) is 5. The maximum atomic E-state index is 15.3. The summed E-state index contributed by atoms with van der Waals surface area (Å²) in [6, 6.07) is 2.65. The highest BCUT2D eigenvalue weighted by Gasteiger charge is 2.46. The van der Waals surface area contributed by atoms with Crippen molar-refractivity contribution in [2.45, 2.75) is 45.6 Å². The largest absolute Gasteiger partial charge is 0.444 e. The molecule has 188 valence electrons. The van der Waals surface area contributed by atoms with Crippen molar-refractivity contribution >= 4 is 40.4 Å². The lowest BCUT2D eigenvalue weighted by Gasteiger charge is -2.54. The Kier molecular flexibility index (Phi) is 5.41. The molecule has 10 nitrogen and oxygen atoms in total. The van der Waals surface area contributed by atoms with Gasteiger partial charge in [-0.25, -0.2) is 14.0 Å². The zero-order valence-corrected chi connectivity index (χ0v) is 20.6.